The molecular weight excluding hydrogens is 242 g/mol. The normalized spacial score (nSPS) is 9.47. The van der Waals surface area contributed by atoms with Gasteiger partial charge in [0, 0.05) is 12.6 Å². The van der Waals surface area contributed by atoms with Gasteiger partial charge in [0.25, 0.3) is 11.6 Å². The lowest BCUT2D eigenvalue weighted by Crippen LogP contribution is -2.39. The number of rotatable bonds is 3. The number of nitrogens with zero attached hydrogens (tertiary/aromatic N) is 1. The Morgan fingerprint density at radius 3 is 2.71 bits per heavy atom. The summed E-state index contributed by atoms with van der Waals surface area (Å²) in [4.78, 5) is 21.8. The molecule has 0 radical (unpaired) electrons. The Balaban J connectivity index is 2.89. The second-order valence-electron chi connectivity index (χ2n) is 3.09. The number of carbonyl (C=O) groups is 1. The highest BCUT2D eigenvalue weighted by atomic mass is 32.1. The van der Waals surface area contributed by atoms with Gasteiger partial charge in [-0.3, -0.25) is 20.2 Å². The van der Waals surface area contributed by atoms with E-state index in [0.717, 1.165) is 0 Å². The molecular formula is C10H11N3O3S. The summed E-state index contributed by atoms with van der Waals surface area (Å²) in [6, 6.07) is 5.70. The number of carbonyl (C=O) groups excluding carboxylic acids is 1. The first kappa shape index (κ1) is 13.0. The summed E-state index contributed by atoms with van der Waals surface area (Å²) in [5.41, 5.74) is -0.262. The molecule has 17 heavy (non-hydrogen) atoms. The minimum atomic E-state index is -0.606. The largest absolute Gasteiger partial charge is 0.363 e. The fourth-order valence-electron chi connectivity index (χ4n) is 1.20. The van der Waals surface area contributed by atoms with Gasteiger partial charge in [-0.2, -0.15) is 0 Å². The Morgan fingerprint density at radius 2 is 2.12 bits per heavy atom. The van der Waals surface area contributed by atoms with Crippen LogP contribution in [0.3, 0.4) is 0 Å². The highest BCUT2D eigenvalue weighted by Crippen LogP contribution is 2.17. The van der Waals surface area contributed by atoms with Crippen molar-refractivity contribution in [3.05, 3.63) is 39.9 Å². The van der Waals surface area contributed by atoms with Crippen molar-refractivity contribution in [2.24, 2.45) is 0 Å². The van der Waals surface area contributed by atoms with Gasteiger partial charge in [0.1, 0.15) is 5.56 Å². The lowest BCUT2D eigenvalue weighted by Gasteiger charge is -2.07. The summed E-state index contributed by atoms with van der Waals surface area (Å²) in [6.45, 7) is 2.39. The maximum atomic E-state index is 11.7. The standard InChI is InChI=1S/C10H11N3O3S/c1-2-11-10(17)12-9(14)7-5-3-4-6-8(7)13(15)16/h3-6H,2H2,1H3,(H2,11,12,14,17). The van der Waals surface area contributed by atoms with Crippen molar-refractivity contribution < 1.29 is 9.72 Å². The molecule has 1 aromatic rings. The van der Waals surface area contributed by atoms with E-state index in [1.165, 1.54) is 18.2 Å². The van der Waals surface area contributed by atoms with Crippen molar-refractivity contribution in [1.29, 1.82) is 0 Å². The lowest BCUT2D eigenvalue weighted by molar-refractivity contribution is -0.385. The van der Waals surface area contributed by atoms with Crippen LogP contribution in [0.2, 0.25) is 0 Å². The molecule has 0 bridgehead atoms. The Hall–Kier alpha value is -2.02. The van der Waals surface area contributed by atoms with Gasteiger partial charge in [0.05, 0.1) is 4.92 Å². The fraction of sp³-hybridized carbons (Fsp3) is 0.200. The van der Waals surface area contributed by atoms with Gasteiger partial charge in [-0.25, -0.2) is 0 Å². The van der Waals surface area contributed by atoms with Crippen LogP contribution >= 0.6 is 12.2 Å². The van der Waals surface area contributed by atoms with E-state index in [1.807, 2.05) is 6.92 Å². The smallest absolute Gasteiger partial charge is 0.282 e. The van der Waals surface area contributed by atoms with E-state index in [0.29, 0.717) is 6.54 Å². The average molecular weight is 253 g/mol. The SMILES string of the molecule is CCNC(=S)NC(=O)c1ccccc1[N+](=O)[O-]. The minimum Gasteiger partial charge on any atom is -0.363 e. The van der Waals surface area contributed by atoms with E-state index in [4.69, 9.17) is 12.2 Å². The molecule has 0 unspecified atom stereocenters. The van der Waals surface area contributed by atoms with Crippen LogP contribution in [-0.2, 0) is 0 Å². The summed E-state index contributed by atoms with van der Waals surface area (Å²) < 4.78 is 0. The number of hydrogen-bond donors (Lipinski definition) is 2. The highest BCUT2D eigenvalue weighted by Gasteiger charge is 2.19. The van der Waals surface area contributed by atoms with E-state index in [1.54, 1.807) is 6.07 Å². The molecule has 0 atom stereocenters. The van der Waals surface area contributed by atoms with Gasteiger partial charge in [0.15, 0.2) is 5.11 Å². The van der Waals surface area contributed by atoms with Gasteiger partial charge in [-0.1, -0.05) is 12.1 Å². The number of thiocarbonyl (C=S) groups is 1. The Labute approximate surface area is 103 Å². The molecule has 0 aliphatic heterocycles. The van der Waals surface area contributed by atoms with Crippen LogP contribution in [-0.4, -0.2) is 22.5 Å². The molecule has 0 fully saturated rings. The van der Waals surface area contributed by atoms with Crippen molar-refractivity contribution in [2.45, 2.75) is 6.92 Å². The van der Waals surface area contributed by atoms with Crippen LogP contribution in [0.5, 0.6) is 0 Å². The third-order valence-corrected chi connectivity index (χ3v) is 2.16. The topological polar surface area (TPSA) is 84.3 Å². The number of para-hydroxylation sites is 1. The summed E-state index contributed by atoms with van der Waals surface area (Å²) in [7, 11) is 0. The van der Waals surface area contributed by atoms with Crippen molar-refractivity contribution >= 4 is 28.9 Å². The van der Waals surface area contributed by atoms with Crippen LogP contribution in [0.15, 0.2) is 24.3 Å². The first-order valence-electron chi connectivity index (χ1n) is 4.89. The molecule has 0 saturated carbocycles. The van der Waals surface area contributed by atoms with Gasteiger partial charge in [-0.15, -0.1) is 0 Å². The zero-order valence-corrected chi connectivity index (χ0v) is 9.91. The molecule has 1 aromatic carbocycles. The summed E-state index contributed by atoms with van der Waals surface area (Å²) in [5.74, 6) is -0.594. The predicted molar refractivity (Wildman–Crippen MR) is 66.8 cm³/mol. The predicted octanol–water partition coefficient (Wildman–Crippen LogP) is 1.22. The van der Waals surface area contributed by atoms with Crippen LogP contribution in [0, 0.1) is 10.1 Å². The molecule has 90 valence electrons. The van der Waals surface area contributed by atoms with Crippen LogP contribution in [0.1, 0.15) is 17.3 Å². The highest BCUT2D eigenvalue weighted by molar-refractivity contribution is 7.80. The molecule has 1 amide bonds. The molecule has 0 saturated heterocycles. The third-order valence-electron chi connectivity index (χ3n) is 1.91. The molecule has 2 N–H and O–H groups in total. The molecule has 0 spiro atoms. The van der Waals surface area contributed by atoms with E-state index >= 15 is 0 Å². The molecule has 0 aliphatic carbocycles. The van der Waals surface area contributed by atoms with E-state index < -0.39 is 10.8 Å². The number of amides is 1. The molecule has 7 heteroatoms. The maximum Gasteiger partial charge on any atom is 0.282 e. The monoisotopic (exact) mass is 253 g/mol. The number of benzene rings is 1. The van der Waals surface area contributed by atoms with Crippen LogP contribution in [0.4, 0.5) is 5.69 Å². The van der Waals surface area contributed by atoms with E-state index in [2.05, 4.69) is 10.6 Å². The Morgan fingerprint density at radius 1 is 1.47 bits per heavy atom. The summed E-state index contributed by atoms with van der Waals surface area (Å²) in [6.07, 6.45) is 0. The van der Waals surface area contributed by atoms with Crippen molar-refractivity contribution in [2.75, 3.05) is 6.54 Å². The Kier molecular flexibility index (Phi) is 4.53. The molecule has 0 aliphatic rings. The first-order chi connectivity index (χ1) is 8.06. The number of hydrogen-bond acceptors (Lipinski definition) is 4. The molecule has 0 aromatic heterocycles. The van der Waals surface area contributed by atoms with Crippen molar-refractivity contribution in [1.82, 2.24) is 10.6 Å². The van der Waals surface area contributed by atoms with Crippen molar-refractivity contribution in [3.8, 4) is 0 Å². The quantitative estimate of drug-likeness (QED) is 0.480. The Bertz CT molecular complexity index is 462. The van der Waals surface area contributed by atoms with Crippen molar-refractivity contribution in [3.63, 3.8) is 0 Å². The van der Waals surface area contributed by atoms with Gasteiger partial charge >= 0.3 is 0 Å². The lowest BCUT2D eigenvalue weighted by atomic mass is 10.1. The zero-order chi connectivity index (χ0) is 12.8. The van der Waals surface area contributed by atoms with E-state index in [-0.39, 0.29) is 16.4 Å². The second-order valence-corrected chi connectivity index (χ2v) is 3.50. The molecule has 0 heterocycles. The van der Waals surface area contributed by atoms with E-state index in [9.17, 15) is 14.9 Å². The van der Waals surface area contributed by atoms with Gasteiger partial charge in [0.2, 0.25) is 0 Å². The molecule has 6 nitrogen and oxygen atoms in total. The number of nitro groups is 1. The maximum absolute atomic E-state index is 11.7. The third kappa shape index (κ3) is 3.49. The van der Waals surface area contributed by atoms with Gasteiger partial charge < -0.3 is 5.32 Å². The number of nitro benzene ring substituents is 1. The van der Waals surface area contributed by atoms with Crippen LogP contribution in [0.25, 0.3) is 0 Å². The number of nitrogens with one attached hydrogen (secondary N) is 2. The molecule has 1 rings (SSSR count). The minimum absolute atomic E-state index is 0.0160. The first-order valence-corrected chi connectivity index (χ1v) is 5.29. The second kappa shape index (κ2) is 5.90. The van der Waals surface area contributed by atoms with Gasteiger partial charge in [-0.05, 0) is 25.2 Å². The average Bonchev–Trinajstić information content (AvgIpc) is 2.29. The summed E-state index contributed by atoms with van der Waals surface area (Å²) in [5, 5.41) is 16.0. The van der Waals surface area contributed by atoms with Crippen LogP contribution < -0.4 is 10.6 Å². The zero-order valence-electron chi connectivity index (χ0n) is 9.10. The summed E-state index contributed by atoms with van der Waals surface area (Å²) >= 11 is 4.83. The fourth-order valence-corrected chi connectivity index (χ4v) is 1.44.